The lowest BCUT2D eigenvalue weighted by Gasteiger charge is -2.25. The number of rotatable bonds is 4. The molecule has 17 heavy (non-hydrogen) atoms. The van der Waals surface area contributed by atoms with Gasteiger partial charge in [0.2, 0.25) is 0 Å². The third-order valence-electron chi connectivity index (χ3n) is 3.70. The number of aliphatic hydroxyl groups is 1. The zero-order valence-electron chi connectivity index (χ0n) is 10.7. The van der Waals surface area contributed by atoms with Crippen LogP contribution in [-0.4, -0.2) is 38.9 Å². The second-order valence-electron chi connectivity index (χ2n) is 5.32. The molecular formula is C14H22N2O. The topological polar surface area (TPSA) is 35.5 Å². The van der Waals surface area contributed by atoms with Crippen molar-refractivity contribution < 1.29 is 5.11 Å². The maximum atomic E-state index is 9.57. The van der Waals surface area contributed by atoms with E-state index in [0.29, 0.717) is 0 Å². The smallest absolute Gasteiger partial charge is 0.0503 e. The van der Waals surface area contributed by atoms with Gasteiger partial charge in [0.1, 0.15) is 0 Å². The van der Waals surface area contributed by atoms with Gasteiger partial charge >= 0.3 is 0 Å². The summed E-state index contributed by atoms with van der Waals surface area (Å²) >= 11 is 0. The third-order valence-corrected chi connectivity index (χ3v) is 3.70. The lowest BCUT2D eigenvalue weighted by Crippen LogP contribution is -2.30. The predicted molar refractivity (Wildman–Crippen MR) is 71.5 cm³/mol. The molecule has 1 aromatic rings. The van der Waals surface area contributed by atoms with Gasteiger partial charge in [-0.15, -0.1) is 0 Å². The summed E-state index contributed by atoms with van der Waals surface area (Å²) in [5.41, 5.74) is 2.59. The summed E-state index contributed by atoms with van der Waals surface area (Å²) in [6.07, 6.45) is 2.03. The molecular weight excluding hydrogens is 212 g/mol. The lowest BCUT2D eigenvalue weighted by atomic mass is 9.81. The van der Waals surface area contributed by atoms with Crippen molar-refractivity contribution in [2.24, 2.45) is 5.41 Å². The quantitative estimate of drug-likeness (QED) is 0.823. The second-order valence-corrected chi connectivity index (χ2v) is 5.32. The van der Waals surface area contributed by atoms with Gasteiger partial charge in [-0.05, 0) is 37.1 Å². The van der Waals surface area contributed by atoms with E-state index in [0.717, 1.165) is 25.9 Å². The average molecular weight is 234 g/mol. The fraction of sp³-hybridized carbons (Fsp3) is 0.571. The molecule has 0 spiro atoms. The number of aliphatic hydroxyl groups excluding tert-OH is 1. The zero-order chi connectivity index (χ0) is 12.3. The molecule has 94 valence electrons. The Hall–Kier alpha value is -1.06. The molecule has 1 aromatic carbocycles. The molecule has 1 heterocycles. The average Bonchev–Trinajstić information content (AvgIpc) is 2.79. The Bertz CT molecular complexity index is 353. The Labute approximate surface area is 103 Å². The van der Waals surface area contributed by atoms with Gasteiger partial charge in [0.25, 0.3) is 0 Å². The maximum absolute atomic E-state index is 9.57. The van der Waals surface area contributed by atoms with Crippen LogP contribution in [0, 0.1) is 5.41 Å². The lowest BCUT2D eigenvalue weighted by molar-refractivity contribution is 0.143. The Morgan fingerprint density at radius 3 is 2.47 bits per heavy atom. The summed E-state index contributed by atoms with van der Waals surface area (Å²) in [6, 6.07) is 8.63. The van der Waals surface area contributed by atoms with E-state index in [1.807, 2.05) is 14.1 Å². The molecule has 1 saturated heterocycles. The molecule has 1 unspecified atom stereocenters. The standard InChI is InChI=1S/C14H22N2O/c1-16(2)13-5-3-12(4-6-13)9-14(11-17)7-8-15-10-14/h3-6,15,17H,7-11H2,1-2H3. The number of hydrogen-bond acceptors (Lipinski definition) is 3. The fourth-order valence-corrected chi connectivity index (χ4v) is 2.48. The van der Waals surface area contributed by atoms with Crippen LogP contribution in [0.2, 0.25) is 0 Å². The third kappa shape index (κ3) is 2.79. The second kappa shape index (κ2) is 5.07. The van der Waals surface area contributed by atoms with Gasteiger partial charge in [0.15, 0.2) is 0 Å². The highest BCUT2D eigenvalue weighted by atomic mass is 16.3. The number of anilines is 1. The Morgan fingerprint density at radius 2 is 2.00 bits per heavy atom. The summed E-state index contributed by atoms with van der Waals surface area (Å²) in [6.45, 7) is 2.23. The first kappa shape index (κ1) is 12.4. The molecule has 3 heteroatoms. The van der Waals surface area contributed by atoms with E-state index in [1.165, 1.54) is 11.3 Å². The van der Waals surface area contributed by atoms with Gasteiger partial charge in [0.05, 0.1) is 6.61 Å². The van der Waals surface area contributed by atoms with E-state index in [1.54, 1.807) is 0 Å². The van der Waals surface area contributed by atoms with Crippen molar-refractivity contribution >= 4 is 5.69 Å². The Morgan fingerprint density at radius 1 is 1.29 bits per heavy atom. The first-order valence-electron chi connectivity index (χ1n) is 6.23. The molecule has 1 fully saturated rings. The summed E-state index contributed by atoms with van der Waals surface area (Å²) in [5.74, 6) is 0. The summed E-state index contributed by atoms with van der Waals surface area (Å²) < 4.78 is 0. The molecule has 0 aliphatic carbocycles. The van der Waals surface area contributed by atoms with Gasteiger partial charge in [-0.25, -0.2) is 0 Å². The van der Waals surface area contributed by atoms with Crippen LogP contribution in [-0.2, 0) is 6.42 Å². The van der Waals surface area contributed by atoms with Crippen LogP contribution in [0.4, 0.5) is 5.69 Å². The number of hydrogen-bond donors (Lipinski definition) is 2. The Balaban J connectivity index is 2.07. The van der Waals surface area contributed by atoms with Crippen LogP contribution in [0.15, 0.2) is 24.3 Å². The minimum Gasteiger partial charge on any atom is -0.396 e. The van der Waals surface area contributed by atoms with Crippen molar-refractivity contribution in [2.45, 2.75) is 12.8 Å². The first-order valence-corrected chi connectivity index (χ1v) is 6.23. The van der Waals surface area contributed by atoms with Gasteiger partial charge < -0.3 is 15.3 Å². The summed E-state index contributed by atoms with van der Waals surface area (Å²) in [7, 11) is 4.09. The van der Waals surface area contributed by atoms with E-state index >= 15 is 0 Å². The van der Waals surface area contributed by atoms with Crippen LogP contribution in [0.3, 0.4) is 0 Å². The molecule has 0 bridgehead atoms. The molecule has 0 radical (unpaired) electrons. The van der Waals surface area contributed by atoms with Crippen molar-refractivity contribution in [1.82, 2.24) is 5.32 Å². The predicted octanol–water partition coefficient (Wildman–Crippen LogP) is 1.27. The molecule has 2 rings (SSSR count). The highest BCUT2D eigenvalue weighted by molar-refractivity contribution is 5.46. The van der Waals surface area contributed by atoms with E-state index in [4.69, 9.17) is 0 Å². The molecule has 3 nitrogen and oxygen atoms in total. The number of nitrogens with zero attached hydrogens (tertiary/aromatic N) is 1. The molecule has 0 aromatic heterocycles. The van der Waals surface area contributed by atoms with Crippen LogP contribution in [0.5, 0.6) is 0 Å². The number of benzene rings is 1. The van der Waals surface area contributed by atoms with Crippen LogP contribution in [0.1, 0.15) is 12.0 Å². The van der Waals surface area contributed by atoms with Crippen molar-refractivity contribution in [3.05, 3.63) is 29.8 Å². The molecule has 1 atom stereocenters. The van der Waals surface area contributed by atoms with Crippen LogP contribution >= 0.6 is 0 Å². The van der Waals surface area contributed by atoms with Crippen LogP contribution in [0.25, 0.3) is 0 Å². The SMILES string of the molecule is CN(C)c1ccc(CC2(CO)CCNC2)cc1. The van der Waals surface area contributed by atoms with E-state index in [-0.39, 0.29) is 12.0 Å². The first-order chi connectivity index (χ1) is 8.15. The van der Waals surface area contributed by atoms with Gasteiger partial charge in [-0.2, -0.15) is 0 Å². The van der Waals surface area contributed by atoms with E-state index in [2.05, 4.69) is 34.5 Å². The number of nitrogens with one attached hydrogen (secondary N) is 1. The van der Waals surface area contributed by atoms with Crippen molar-refractivity contribution in [3.63, 3.8) is 0 Å². The summed E-state index contributed by atoms with van der Waals surface area (Å²) in [5, 5.41) is 12.9. The van der Waals surface area contributed by atoms with Crippen LogP contribution < -0.4 is 10.2 Å². The van der Waals surface area contributed by atoms with Crippen molar-refractivity contribution in [1.29, 1.82) is 0 Å². The molecule has 0 amide bonds. The van der Waals surface area contributed by atoms with Gasteiger partial charge in [0, 0.05) is 31.7 Å². The van der Waals surface area contributed by atoms with Gasteiger partial charge in [-0.1, -0.05) is 12.1 Å². The fourth-order valence-electron chi connectivity index (χ4n) is 2.48. The minimum atomic E-state index is 0.0552. The van der Waals surface area contributed by atoms with E-state index < -0.39 is 0 Å². The molecule has 1 aliphatic rings. The van der Waals surface area contributed by atoms with E-state index in [9.17, 15) is 5.11 Å². The normalized spacial score (nSPS) is 23.9. The Kier molecular flexibility index (Phi) is 3.69. The van der Waals surface area contributed by atoms with Gasteiger partial charge in [-0.3, -0.25) is 0 Å². The molecule has 1 aliphatic heterocycles. The van der Waals surface area contributed by atoms with Crippen molar-refractivity contribution in [2.75, 3.05) is 38.7 Å². The summed E-state index contributed by atoms with van der Waals surface area (Å²) in [4.78, 5) is 2.10. The zero-order valence-corrected chi connectivity index (χ0v) is 10.7. The molecule has 2 N–H and O–H groups in total. The molecule has 0 saturated carbocycles. The maximum Gasteiger partial charge on any atom is 0.0503 e. The highest BCUT2D eigenvalue weighted by Crippen LogP contribution is 2.29. The highest BCUT2D eigenvalue weighted by Gasteiger charge is 2.33. The minimum absolute atomic E-state index is 0.0552. The monoisotopic (exact) mass is 234 g/mol. The largest absolute Gasteiger partial charge is 0.396 e. The van der Waals surface area contributed by atoms with Crippen molar-refractivity contribution in [3.8, 4) is 0 Å².